The Balaban J connectivity index is 2.42. The lowest BCUT2D eigenvalue weighted by Crippen LogP contribution is -2.05. The van der Waals surface area contributed by atoms with Gasteiger partial charge in [-0.25, -0.2) is 9.97 Å². The lowest BCUT2D eigenvalue weighted by molar-refractivity contribution is 0.144. The Bertz CT molecular complexity index is 593. The fraction of sp³-hybridized carbons (Fsp3) is 0.333. The summed E-state index contributed by atoms with van der Waals surface area (Å²) in [6.07, 6.45) is 0. The van der Waals surface area contributed by atoms with Gasteiger partial charge in [-0.05, 0) is 0 Å². The first-order valence-electron chi connectivity index (χ1n) is 5.48. The third-order valence-corrected chi connectivity index (χ3v) is 3.04. The maximum Gasteiger partial charge on any atom is 0.167 e. The Kier molecular flexibility index (Phi) is 4.63. The molecule has 1 aromatic heterocycles. The number of fused-ring (bicyclic) bond motifs is 1. The first kappa shape index (κ1) is 14.1. The van der Waals surface area contributed by atoms with Gasteiger partial charge in [0.15, 0.2) is 21.8 Å². The quantitative estimate of drug-likeness (QED) is 0.795. The monoisotopic (exact) mass is 302 g/mol. The minimum atomic E-state index is 0.155. The summed E-state index contributed by atoms with van der Waals surface area (Å²) in [6, 6.07) is 3.41. The summed E-state index contributed by atoms with van der Waals surface area (Å²) >= 11 is 11.7. The number of aromatic nitrogens is 2. The largest absolute Gasteiger partial charge is 0.493 e. The van der Waals surface area contributed by atoms with E-state index in [2.05, 4.69) is 9.97 Å². The molecule has 0 unspecified atom stereocenters. The lowest BCUT2D eigenvalue weighted by Gasteiger charge is -2.11. The summed E-state index contributed by atoms with van der Waals surface area (Å²) in [7, 11) is 3.16. The van der Waals surface area contributed by atoms with Gasteiger partial charge in [0, 0.05) is 19.2 Å². The molecule has 1 heterocycles. The molecule has 0 aliphatic heterocycles. The summed E-state index contributed by atoms with van der Waals surface area (Å²) in [5.74, 6) is 1.11. The van der Waals surface area contributed by atoms with Gasteiger partial charge in [-0.15, -0.1) is 0 Å². The van der Waals surface area contributed by atoms with Crippen molar-refractivity contribution in [2.45, 2.75) is 0 Å². The zero-order chi connectivity index (χ0) is 13.8. The van der Waals surface area contributed by atoms with Crippen molar-refractivity contribution in [3.8, 4) is 11.5 Å². The van der Waals surface area contributed by atoms with Gasteiger partial charge < -0.3 is 14.2 Å². The van der Waals surface area contributed by atoms with E-state index < -0.39 is 0 Å². The molecule has 0 radical (unpaired) electrons. The highest BCUT2D eigenvalue weighted by Gasteiger charge is 2.11. The van der Waals surface area contributed by atoms with Crippen LogP contribution in [0.15, 0.2) is 12.1 Å². The molecule has 5 nitrogen and oxygen atoms in total. The number of hydrogen-bond acceptors (Lipinski definition) is 5. The van der Waals surface area contributed by atoms with E-state index in [9.17, 15) is 0 Å². The number of ether oxygens (including phenoxy) is 3. The Morgan fingerprint density at radius 3 is 2.05 bits per heavy atom. The summed E-state index contributed by atoms with van der Waals surface area (Å²) in [4.78, 5) is 8.28. The molecular weight excluding hydrogens is 291 g/mol. The zero-order valence-corrected chi connectivity index (χ0v) is 12.0. The first-order valence-corrected chi connectivity index (χ1v) is 6.24. The summed E-state index contributed by atoms with van der Waals surface area (Å²) in [5.41, 5.74) is 1.17. The van der Waals surface area contributed by atoms with Crippen molar-refractivity contribution >= 4 is 34.2 Å². The van der Waals surface area contributed by atoms with Crippen LogP contribution in [0.25, 0.3) is 11.0 Å². The maximum atomic E-state index is 5.84. The molecule has 102 valence electrons. The van der Waals surface area contributed by atoms with Crippen LogP contribution >= 0.6 is 23.2 Å². The average molecular weight is 303 g/mol. The van der Waals surface area contributed by atoms with Crippen molar-refractivity contribution in [1.82, 2.24) is 9.97 Å². The number of halogens is 2. The molecule has 2 rings (SSSR count). The summed E-state index contributed by atoms with van der Waals surface area (Å²) in [5, 5.41) is 0.312. The molecule has 0 N–H and O–H groups in total. The van der Waals surface area contributed by atoms with Crippen molar-refractivity contribution in [3.05, 3.63) is 22.4 Å². The highest BCUT2D eigenvalue weighted by atomic mass is 35.5. The number of hydrogen-bond donors (Lipinski definition) is 0. The minimum Gasteiger partial charge on any atom is -0.493 e. The van der Waals surface area contributed by atoms with Crippen LogP contribution in [0.1, 0.15) is 0 Å². The Labute approximate surface area is 120 Å². The van der Waals surface area contributed by atoms with Crippen molar-refractivity contribution in [2.24, 2.45) is 0 Å². The molecule has 0 amide bonds. The van der Waals surface area contributed by atoms with Gasteiger partial charge in [0.1, 0.15) is 6.61 Å². The fourth-order valence-electron chi connectivity index (χ4n) is 1.53. The second-order valence-corrected chi connectivity index (χ2v) is 4.35. The van der Waals surface area contributed by atoms with Gasteiger partial charge in [-0.2, -0.15) is 0 Å². The van der Waals surface area contributed by atoms with Gasteiger partial charge in [0.25, 0.3) is 0 Å². The van der Waals surface area contributed by atoms with Crippen molar-refractivity contribution in [3.63, 3.8) is 0 Å². The van der Waals surface area contributed by atoms with Gasteiger partial charge >= 0.3 is 0 Å². The molecule has 19 heavy (non-hydrogen) atoms. The SMILES string of the molecule is COCCOc1cc2nc(Cl)c(Cl)nc2cc1OC. The number of rotatable bonds is 5. The van der Waals surface area contributed by atoms with E-state index in [0.29, 0.717) is 35.7 Å². The summed E-state index contributed by atoms with van der Waals surface area (Å²) < 4.78 is 15.7. The molecule has 0 fully saturated rings. The first-order chi connectivity index (χ1) is 9.15. The van der Waals surface area contributed by atoms with E-state index >= 15 is 0 Å². The topological polar surface area (TPSA) is 53.5 Å². The molecule has 0 atom stereocenters. The van der Waals surface area contributed by atoms with E-state index in [0.717, 1.165) is 0 Å². The molecule has 2 aromatic rings. The molecule has 1 aromatic carbocycles. The predicted octanol–water partition coefficient (Wildman–Crippen LogP) is 2.97. The minimum absolute atomic E-state index is 0.155. The highest BCUT2D eigenvalue weighted by molar-refractivity contribution is 6.40. The molecule has 7 heteroatoms. The normalized spacial score (nSPS) is 10.7. The maximum absolute atomic E-state index is 5.84. The molecular formula is C12H12Cl2N2O3. The highest BCUT2D eigenvalue weighted by Crippen LogP contribution is 2.32. The number of benzene rings is 1. The van der Waals surface area contributed by atoms with Gasteiger partial charge in [-0.3, -0.25) is 0 Å². The third kappa shape index (κ3) is 3.18. The smallest absolute Gasteiger partial charge is 0.167 e. The molecule has 0 aliphatic rings. The standard InChI is InChI=1S/C12H12Cl2N2O3/c1-17-3-4-19-10-6-8-7(5-9(10)18-2)15-11(13)12(14)16-8/h5-6H,3-4H2,1-2H3. The van der Waals surface area contributed by atoms with Crippen LogP contribution in [0, 0.1) is 0 Å². The van der Waals surface area contributed by atoms with Crippen LogP contribution < -0.4 is 9.47 Å². The van der Waals surface area contributed by atoms with E-state index in [1.54, 1.807) is 26.4 Å². The van der Waals surface area contributed by atoms with Gasteiger partial charge in [0.2, 0.25) is 0 Å². The average Bonchev–Trinajstić information content (AvgIpc) is 2.40. The van der Waals surface area contributed by atoms with Crippen LogP contribution in [-0.2, 0) is 4.74 Å². The number of nitrogens with zero attached hydrogens (tertiary/aromatic N) is 2. The van der Waals surface area contributed by atoms with E-state index in [1.165, 1.54) is 0 Å². The van der Waals surface area contributed by atoms with Crippen molar-refractivity contribution in [2.75, 3.05) is 27.4 Å². The molecule has 0 saturated heterocycles. The van der Waals surface area contributed by atoms with E-state index in [4.69, 9.17) is 37.4 Å². The Morgan fingerprint density at radius 2 is 1.53 bits per heavy atom. The van der Waals surface area contributed by atoms with Gasteiger partial charge in [-0.1, -0.05) is 23.2 Å². The van der Waals surface area contributed by atoms with Gasteiger partial charge in [0.05, 0.1) is 24.8 Å². The third-order valence-electron chi connectivity index (χ3n) is 2.41. The number of methoxy groups -OCH3 is 2. The van der Waals surface area contributed by atoms with Crippen molar-refractivity contribution < 1.29 is 14.2 Å². The zero-order valence-electron chi connectivity index (χ0n) is 10.4. The van der Waals surface area contributed by atoms with Crippen LogP contribution in [0.3, 0.4) is 0 Å². The molecule has 0 bridgehead atoms. The summed E-state index contributed by atoms with van der Waals surface area (Å²) in [6.45, 7) is 0.890. The molecule has 0 spiro atoms. The predicted molar refractivity (Wildman–Crippen MR) is 73.5 cm³/mol. The second kappa shape index (κ2) is 6.23. The van der Waals surface area contributed by atoms with Crippen LogP contribution in [0.5, 0.6) is 11.5 Å². The van der Waals surface area contributed by atoms with Crippen LogP contribution in [-0.4, -0.2) is 37.4 Å². The van der Waals surface area contributed by atoms with Crippen LogP contribution in [0.2, 0.25) is 10.3 Å². The lowest BCUT2D eigenvalue weighted by atomic mass is 10.2. The van der Waals surface area contributed by atoms with Crippen LogP contribution in [0.4, 0.5) is 0 Å². The molecule has 0 aliphatic carbocycles. The Morgan fingerprint density at radius 1 is 0.947 bits per heavy atom. The van der Waals surface area contributed by atoms with E-state index in [-0.39, 0.29) is 10.3 Å². The fourth-order valence-corrected chi connectivity index (χ4v) is 1.80. The molecule has 0 saturated carbocycles. The van der Waals surface area contributed by atoms with Crippen molar-refractivity contribution in [1.29, 1.82) is 0 Å². The second-order valence-electron chi connectivity index (χ2n) is 3.64. The Hall–Kier alpha value is -1.30. The van der Waals surface area contributed by atoms with E-state index in [1.807, 2.05) is 0 Å².